The molecular formula is C13H20ClN3O2. The van der Waals surface area contributed by atoms with E-state index in [2.05, 4.69) is 17.3 Å². The van der Waals surface area contributed by atoms with Crippen LogP contribution in [0, 0.1) is 5.41 Å². The maximum Gasteiger partial charge on any atom is 0.287 e. The Labute approximate surface area is 117 Å². The van der Waals surface area contributed by atoms with E-state index in [4.69, 9.17) is 11.6 Å². The molecule has 0 amide bonds. The van der Waals surface area contributed by atoms with Crippen molar-refractivity contribution in [3.05, 3.63) is 21.6 Å². The van der Waals surface area contributed by atoms with E-state index in [9.17, 15) is 9.90 Å². The molecule has 1 aliphatic rings. The molecule has 2 N–H and O–H groups in total. The second-order valence-corrected chi connectivity index (χ2v) is 5.64. The quantitative estimate of drug-likeness (QED) is 0.803. The Hall–Kier alpha value is -1.07. The average molecular weight is 286 g/mol. The van der Waals surface area contributed by atoms with Gasteiger partial charge in [0.05, 0.1) is 18.5 Å². The second-order valence-electron chi connectivity index (χ2n) is 5.27. The first-order valence-corrected chi connectivity index (χ1v) is 7.10. The van der Waals surface area contributed by atoms with Gasteiger partial charge in [-0.15, -0.1) is 0 Å². The van der Waals surface area contributed by atoms with E-state index in [1.165, 1.54) is 4.68 Å². The van der Waals surface area contributed by atoms with Gasteiger partial charge < -0.3 is 10.4 Å². The summed E-state index contributed by atoms with van der Waals surface area (Å²) in [5.41, 5.74) is 0.272. The third kappa shape index (κ3) is 3.28. The summed E-state index contributed by atoms with van der Waals surface area (Å²) in [6, 6.07) is 0. The first-order valence-electron chi connectivity index (χ1n) is 6.72. The van der Waals surface area contributed by atoms with Gasteiger partial charge in [0.15, 0.2) is 0 Å². The predicted molar refractivity (Wildman–Crippen MR) is 75.7 cm³/mol. The lowest BCUT2D eigenvalue weighted by Crippen LogP contribution is -2.26. The van der Waals surface area contributed by atoms with Gasteiger partial charge in [0.25, 0.3) is 5.56 Å². The van der Waals surface area contributed by atoms with Crippen LogP contribution in [0.4, 0.5) is 5.69 Å². The molecule has 1 saturated carbocycles. The van der Waals surface area contributed by atoms with Crippen molar-refractivity contribution in [2.45, 2.75) is 39.2 Å². The zero-order chi connectivity index (χ0) is 13.9. The van der Waals surface area contributed by atoms with Crippen LogP contribution in [0.2, 0.25) is 5.02 Å². The van der Waals surface area contributed by atoms with Crippen LogP contribution in [0.5, 0.6) is 0 Å². The van der Waals surface area contributed by atoms with Gasteiger partial charge >= 0.3 is 0 Å². The molecule has 6 heteroatoms. The number of nitrogens with zero attached hydrogens (tertiary/aromatic N) is 2. The average Bonchev–Trinajstić information content (AvgIpc) is 3.20. The van der Waals surface area contributed by atoms with Crippen LogP contribution < -0.4 is 10.9 Å². The van der Waals surface area contributed by atoms with Crippen LogP contribution in [0.3, 0.4) is 0 Å². The Morgan fingerprint density at radius 2 is 2.32 bits per heavy atom. The lowest BCUT2D eigenvalue weighted by atomic mass is 10.1. The lowest BCUT2D eigenvalue weighted by Gasteiger charge is -2.15. The van der Waals surface area contributed by atoms with Crippen LogP contribution in [-0.4, -0.2) is 28.0 Å². The maximum absolute atomic E-state index is 12.0. The fourth-order valence-electron chi connectivity index (χ4n) is 1.91. The van der Waals surface area contributed by atoms with Crippen molar-refractivity contribution in [2.24, 2.45) is 5.41 Å². The van der Waals surface area contributed by atoms with Gasteiger partial charge in [-0.05, 0) is 19.3 Å². The van der Waals surface area contributed by atoms with Gasteiger partial charge in [0.1, 0.15) is 5.02 Å². The molecule has 0 spiro atoms. The van der Waals surface area contributed by atoms with E-state index in [0.717, 1.165) is 25.7 Å². The fraction of sp³-hybridized carbons (Fsp3) is 0.692. The van der Waals surface area contributed by atoms with Crippen molar-refractivity contribution in [1.82, 2.24) is 9.78 Å². The van der Waals surface area contributed by atoms with Gasteiger partial charge in [0, 0.05) is 18.5 Å². The van der Waals surface area contributed by atoms with E-state index in [1.807, 2.05) is 0 Å². The minimum atomic E-state index is -0.256. The van der Waals surface area contributed by atoms with Gasteiger partial charge in [-0.1, -0.05) is 24.9 Å². The number of rotatable bonds is 7. The molecule has 1 heterocycles. The summed E-state index contributed by atoms with van der Waals surface area (Å²) in [5, 5.41) is 16.7. The zero-order valence-corrected chi connectivity index (χ0v) is 11.9. The van der Waals surface area contributed by atoms with Gasteiger partial charge in [0.2, 0.25) is 0 Å². The molecule has 0 bridgehead atoms. The highest BCUT2D eigenvalue weighted by molar-refractivity contribution is 6.32. The number of aliphatic hydroxyl groups excluding tert-OH is 1. The third-order valence-electron chi connectivity index (χ3n) is 3.65. The molecule has 1 aliphatic carbocycles. The standard InChI is InChI=1S/C13H20ClN3O2/c1-2-3-6-17-12(19)11(14)10(7-16-17)15-8-13(9-18)4-5-13/h7,15,18H,2-6,8-9H2,1H3. The summed E-state index contributed by atoms with van der Waals surface area (Å²) in [6.07, 6.45) is 5.52. The van der Waals surface area contributed by atoms with Crippen molar-refractivity contribution in [3.8, 4) is 0 Å². The summed E-state index contributed by atoms with van der Waals surface area (Å²) in [6.45, 7) is 3.45. The first kappa shape index (κ1) is 14.3. The summed E-state index contributed by atoms with van der Waals surface area (Å²) in [5.74, 6) is 0. The van der Waals surface area contributed by atoms with E-state index >= 15 is 0 Å². The number of anilines is 1. The molecule has 0 radical (unpaired) electrons. The highest BCUT2D eigenvalue weighted by Gasteiger charge is 2.41. The fourth-order valence-corrected chi connectivity index (χ4v) is 2.12. The number of hydrogen-bond donors (Lipinski definition) is 2. The van der Waals surface area contributed by atoms with Gasteiger partial charge in [-0.25, -0.2) is 4.68 Å². The summed E-state index contributed by atoms with van der Waals surface area (Å²) < 4.78 is 1.40. The SMILES string of the molecule is CCCCn1ncc(NCC2(CO)CC2)c(Cl)c1=O. The summed E-state index contributed by atoms with van der Waals surface area (Å²) in [4.78, 5) is 12.0. The number of aryl methyl sites for hydroxylation is 1. The second kappa shape index (κ2) is 5.92. The van der Waals surface area contributed by atoms with Crippen LogP contribution in [-0.2, 0) is 6.54 Å². The monoisotopic (exact) mass is 285 g/mol. The van der Waals surface area contributed by atoms with Crippen molar-refractivity contribution in [3.63, 3.8) is 0 Å². The van der Waals surface area contributed by atoms with Crippen molar-refractivity contribution >= 4 is 17.3 Å². The summed E-state index contributed by atoms with van der Waals surface area (Å²) in [7, 11) is 0. The summed E-state index contributed by atoms with van der Waals surface area (Å²) >= 11 is 6.07. The van der Waals surface area contributed by atoms with Crippen molar-refractivity contribution in [1.29, 1.82) is 0 Å². The molecule has 1 aromatic heterocycles. The van der Waals surface area contributed by atoms with Gasteiger partial charge in [-0.2, -0.15) is 5.10 Å². The molecule has 1 aromatic rings. The Bertz CT molecular complexity index is 497. The Morgan fingerprint density at radius 1 is 1.58 bits per heavy atom. The van der Waals surface area contributed by atoms with E-state index in [1.54, 1.807) is 6.20 Å². The predicted octanol–water partition coefficient (Wildman–Crippen LogP) is 1.88. The minimum Gasteiger partial charge on any atom is -0.396 e. The number of unbranched alkanes of at least 4 members (excludes halogenated alkanes) is 1. The number of hydrogen-bond acceptors (Lipinski definition) is 4. The highest BCUT2D eigenvalue weighted by atomic mass is 35.5. The first-order chi connectivity index (χ1) is 9.12. The molecule has 0 saturated heterocycles. The molecular weight excluding hydrogens is 266 g/mol. The molecule has 0 aromatic carbocycles. The van der Waals surface area contributed by atoms with E-state index in [0.29, 0.717) is 18.8 Å². The normalized spacial score (nSPS) is 16.4. The third-order valence-corrected chi connectivity index (χ3v) is 4.02. The van der Waals surface area contributed by atoms with Crippen molar-refractivity contribution in [2.75, 3.05) is 18.5 Å². The molecule has 5 nitrogen and oxygen atoms in total. The number of aliphatic hydroxyl groups is 1. The van der Waals surface area contributed by atoms with E-state index < -0.39 is 0 Å². The number of aromatic nitrogens is 2. The van der Waals surface area contributed by atoms with Crippen LogP contribution >= 0.6 is 11.6 Å². The smallest absolute Gasteiger partial charge is 0.287 e. The van der Waals surface area contributed by atoms with E-state index in [-0.39, 0.29) is 22.6 Å². The molecule has 19 heavy (non-hydrogen) atoms. The maximum atomic E-state index is 12.0. The zero-order valence-electron chi connectivity index (χ0n) is 11.2. The Balaban J connectivity index is 2.06. The van der Waals surface area contributed by atoms with Crippen molar-refractivity contribution < 1.29 is 5.11 Å². The number of halogens is 1. The topological polar surface area (TPSA) is 67.2 Å². The molecule has 106 valence electrons. The van der Waals surface area contributed by atoms with Crippen LogP contribution in [0.25, 0.3) is 0 Å². The Morgan fingerprint density at radius 3 is 2.89 bits per heavy atom. The Kier molecular flexibility index (Phi) is 4.47. The van der Waals surface area contributed by atoms with Crippen LogP contribution in [0.15, 0.2) is 11.0 Å². The lowest BCUT2D eigenvalue weighted by molar-refractivity contribution is 0.220. The van der Waals surface area contributed by atoms with Crippen LogP contribution in [0.1, 0.15) is 32.6 Å². The molecule has 0 unspecified atom stereocenters. The largest absolute Gasteiger partial charge is 0.396 e. The molecule has 1 fully saturated rings. The molecule has 0 atom stereocenters. The van der Waals surface area contributed by atoms with Gasteiger partial charge in [-0.3, -0.25) is 4.79 Å². The molecule has 0 aliphatic heterocycles. The minimum absolute atomic E-state index is 0.0274. The molecule has 2 rings (SSSR count). The number of nitrogens with one attached hydrogen (secondary N) is 1. The highest BCUT2D eigenvalue weighted by Crippen LogP contribution is 2.45.